The largest absolute Gasteiger partial charge is 0.494 e. The topological polar surface area (TPSA) is 24.5 Å². The number of ether oxygens (including phenoxy) is 1. The van der Waals surface area contributed by atoms with Crippen molar-refractivity contribution in [1.29, 1.82) is 0 Å². The van der Waals surface area contributed by atoms with Gasteiger partial charge in [0.1, 0.15) is 5.75 Å². The minimum absolute atomic E-state index is 0.377. The number of benzene rings is 1. The first-order chi connectivity index (χ1) is 9.63. The van der Waals surface area contributed by atoms with Crippen LogP contribution in [0.1, 0.15) is 44.4 Å². The van der Waals surface area contributed by atoms with E-state index >= 15 is 0 Å². The van der Waals surface area contributed by atoms with Crippen LogP contribution in [0, 0.1) is 5.92 Å². The van der Waals surface area contributed by atoms with Gasteiger partial charge in [-0.2, -0.15) is 0 Å². The second kappa shape index (κ2) is 7.09. The summed E-state index contributed by atoms with van der Waals surface area (Å²) < 4.78 is 5.80. The lowest BCUT2D eigenvalue weighted by Gasteiger charge is -2.20. The van der Waals surface area contributed by atoms with Gasteiger partial charge in [-0.15, -0.1) is 0 Å². The Morgan fingerprint density at radius 1 is 1.45 bits per heavy atom. The number of hydrogen-bond donors (Lipinski definition) is 1. The molecule has 0 saturated carbocycles. The van der Waals surface area contributed by atoms with E-state index in [4.69, 9.17) is 4.74 Å². The molecule has 20 heavy (non-hydrogen) atoms. The Morgan fingerprint density at radius 2 is 2.25 bits per heavy atom. The molecule has 1 saturated heterocycles. The van der Waals surface area contributed by atoms with E-state index in [2.05, 4.69) is 42.3 Å². The van der Waals surface area contributed by atoms with Gasteiger partial charge >= 0.3 is 0 Å². The average Bonchev–Trinajstić information content (AvgIpc) is 2.85. The van der Waals surface area contributed by atoms with Gasteiger partial charge in [0.25, 0.3) is 0 Å². The number of hydrogen-bond acceptors (Lipinski definition) is 3. The Kier molecular flexibility index (Phi) is 5.44. The molecular formula is C17H28N2O. The van der Waals surface area contributed by atoms with Gasteiger partial charge < -0.3 is 10.1 Å². The fraction of sp³-hybridized carbons (Fsp3) is 0.647. The van der Waals surface area contributed by atoms with Gasteiger partial charge in [-0.25, -0.2) is 0 Å². The molecule has 0 bridgehead atoms. The molecule has 0 aromatic heterocycles. The Hall–Kier alpha value is -1.06. The van der Waals surface area contributed by atoms with Crippen molar-refractivity contribution in [3.63, 3.8) is 0 Å². The standard InChI is InChI=1S/C17H28N2O/c1-5-20-17-7-6-15(14(3)18-4)10-16(17)12-19-9-8-13(2)11-19/h6-7,10,13-14,18H,5,8-9,11-12H2,1-4H3. The number of nitrogens with one attached hydrogen (secondary N) is 1. The molecule has 112 valence electrons. The fourth-order valence-corrected chi connectivity index (χ4v) is 2.87. The molecule has 0 amide bonds. The monoisotopic (exact) mass is 276 g/mol. The van der Waals surface area contributed by atoms with Crippen molar-refractivity contribution < 1.29 is 4.74 Å². The average molecular weight is 276 g/mol. The van der Waals surface area contributed by atoms with E-state index in [1.807, 2.05) is 14.0 Å². The van der Waals surface area contributed by atoms with E-state index in [0.29, 0.717) is 6.04 Å². The predicted molar refractivity (Wildman–Crippen MR) is 84.1 cm³/mol. The van der Waals surface area contributed by atoms with E-state index in [1.165, 1.54) is 30.6 Å². The van der Waals surface area contributed by atoms with Crippen LogP contribution in [0.4, 0.5) is 0 Å². The van der Waals surface area contributed by atoms with Crippen molar-refractivity contribution in [3.05, 3.63) is 29.3 Å². The highest BCUT2D eigenvalue weighted by atomic mass is 16.5. The predicted octanol–water partition coefficient (Wildman–Crippen LogP) is 3.21. The van der Waals surface area contributed by atoms with Gasteiger partial charge in [0.05, 0.1) is 6.61 Å². The highest BCUT2D eigenvalue weighted by Crippen LogP contribution is 2.27. The lowest BCUT2D eigenvalue weighted by molar-refractivity contribution is 0.298. The van der Waals surface area contributed by atoms with Gasteiger partial charge in [-0.3, -0.25) is 4.90 Å². The van der Waals surface area contributed by atoms with Crippen LogP contribution in [0.15, 0.2) is 18.2 Å². The summed E-state index contributed by atoms with van der Waals surface area (Å²) in [5.74, 6) is 1.86. The third-order valence-corrected chi connectivity index (χ3v) is 4.22. The molecule has 1 fully saturated rings. The zero-order chi connectivity index (χ0) is 14.5. The van der Waals surface area contributed by atoms with Crippen molar-refractivity contribution in [3.8, 4) is 5.75 Å². The zero-order valence-corrected chi connectivity index (χ0v) is 13.3. The molecule has 3 nitrogen and oxygen atoms in total. The third-order valence-electron chi connectivity index (χ3n) is 4.22. The first-order valence-electron chi connectivity index (χ1n) is 7.79. The highest BCUT2D eigenvalue weighted by molar-refractivity contribution is 5.38. The maximum Gasteiger partial charge on any atom is 0.123 e. The Labute approximate surface area is 123 Å². The summed E-state index contributed by atoms with van der Waals surface area (Å²) in [6.07, 6.45) is 1.32. The number of nitrogens with zero attached hydrogens (tertiary/aromatic N) is 1. The number of likely N-dealkylation sites (tertiary alicyclic amines) is 1. The Morgan fingerprint density at radius 3 is 2.85 bits per heavy atom. The Balaban J connectivity index is 2.17. The maximum absolute atomic E-state index is 5.80. The van der Waals surface area contributed by atoms with E-state index < -0.39 is 0 Å². The van der Waals surface area contributed by atoms with Crippen molar-refractivity contribution in [1.82, 2.24) is 10.2 Å². The molecule has 1 aliphatic rings. The van der Waals surface area contributed by atoms with Crippen LogP contribution < -0.4 is 10.1 Å². The number of rotatable bonds is 6. The molecule has 1 aliphatic heterocycles. The van der Waals surface area contributed by atoms with E-state index in [0.717, 1.165) is 24.8 Å². The molecule has 1 aromatic rings. The van der Waals surface area contributed by atoms with Crippen molar-refractivity contribution in [2.45, 2.75) is 39.8 Å². The van der Waals surface area contributed by atoms with Gasteiger partial charge in [0.2, 0.25) is 0 Å². The molecule has 2 atom stereocenters. The first-order valence-corrected chi connectivity index (χ1v) is 7.79. The van der Waals surface area contributed by atoms with Crippen LogP contribution in [-0.2, 0) is 6.54 Å². The molecule has 2 rings (SSSR count). The van der Waals surface area contributed by atoms with Crippen molar-refractivity contribution >= 4 is 0 Å². The van der Waals surface area contributed by atoms with Gasteiger partial charge in [-0.05, 0) is 57.5 Å². The van der Waals surface area contributed by atoms with Crippen molar-refractivity contribution in [2.24, 2.45) is 5.92 Å². The molecule has 1 aromatic carbocycles. The molecule has 1 N–H and O–H groups in total. The van der Waals surface area contributed by atoms with Crippen LogP contribution in [0.25, 0.3) is 0 Å². The second-order valence-electron chi connectivity index (χ2n) is 5.94. The molecule has 0 aliphatic carbocycles. The summed E-state index contributed by atoms with van der Waals surface area (Å²) in [4.78, 5) is 2.54. The smallest absolute Gasteiger partial charge is 0.123 e. The summed E-state index contributed by atoms with van der Waals surface area (Å²) >= 11 is 0. The summed E-state index contributed by atoms with van der Waals surface area (Å²) in [6, 6.07) is 6.97. The molecule has 1 heterocycles. The summed E-state index contributed by atoms with van der Waals surface area (Å²) in [5, 5.41) is 3.31. The van der Waals surface area contributed by atoms with Gasteiger partial charge in [0, 0.05) is 24.7 Å². The molecule has 3 heteroatoms. The SMILES string of the molecule is CCOc1ccc(C(C)NC)cc1CN1CCC(C)C1. The lowest BCUT2D eigenvalue weighted by Crippen LogP contribution is -2.21. The second-order valence-corrected chi connectivity index (χ2v) is 5.94. The third kappa shape index (κ3) is 3.74. The van der Waals surface area contributed by atoms with Crippen molar-refractivity contribution in [2.75, 3.05) is 26.7 Å². The van der Waals surface area contributed by atoms with Crippen LogP contribution in [0.3, 0.4) is 0 Å². The van der Waals surface area contributed by atoms with E-state index in [-0.39, 0.29) is 0 Å². The van der Waals surface area contributed by atoms with Crippen LogP contribution in [0.2, 0.25) is 0 Å². The van der Waals surface area contributed by atoms with Crippen LogP contribution in [0.5, 0.6) is 5.75 Å². The molecule has 0 spiro atoms. The summed E-state index contributed by atoms with van der Waals surface area (Å²) in [5.41, 5.74) is 2.65. The highest BCUT2D eigenvalue weighted by Gasteiger charge is 2.20. The lowest BCUT2D eigenvalue weighted by atomic mass is 10.0. The summed E-state index contributed by atoms with van der Waals surface area (Å²) in [6.45, 7) is 10.7. The fourth-order valence-electron chi connectivity index (χ4n) is 2.87. The minimum atomic E-state index is 0.377. The molecule has 0 radical (unpaired) electrons. The molecular weight excluding hydrogens is 248 g/mol. The van der Waals surface area contributed by atoms with E-state index in [9.17, 15) is 0 Å². The zero-order valence-electron chi connectivity index (χ0n) is 13.3. The van der Waals surface area contributed by atoms with Crippen LogP contribution in [-0.4, -0.2) is 31.6 Å². The van der Waals surface area contributed by atoms with Crippen LogP contribution >= 0.6 is 0 Å². The summed E-state index contributed by atoms with van der Waals surface area (Å²) in [7, 11) is 2.00. The van der Waals surface area contributed by atoms with Gasteiger partial charge in [0.15, 0.2) is 0 Å². The molecule has 2 unspecified atom stereocenters. The van der Waals surface area contributed by atoms with Gasteiger partial charge in [-0.1, -0.05) is 13.0 Å². The quantitative estimate of drug-likeness (QED) is 0.863. The minimum Gasteiger partial charge on any atom is -0.494 e. The normalized spacial score (nSPS) is 21.1. The Bertz CT molecular complexity index is 433. The maximum atomic E-state index is 5.80. The first kappa shape index (κ1) is 15.3. The van der Waals surface area contributed by atoms with E-state index in [1.54, 1.807) is 0 Å².